The Morgan fingerprint density at radius 3 is 1.96 bits per heavy atom. The Bertz CT molecular complexity index is 1220. The predicted molar refractivity (Wildman–Crippen MR) is 108 cm³/mol. The van der Waals surface area contributed by atoms with E-state index in [2.05, 4.69) is 0 Å². The van der Waals surface area contributed by atoms with E-state index in [0.717, 1.165) is 0 Å². The highest BCUT2D eigenvalue weighted by molar-refractivity contribution is 7.12. The van der Waals surface area contributed by atoms with Crippen LogP contribution in [0.15, 0.2) is 64.1 Å². The van der Waals surface area contributed by atoms with Crippen molar-refractivity contribution >= 4 is 45.5 Å². The molecule has 6 nitrogen and oxygen atoms in total. The maximum atomic E-state index is 12.9. The van der Waals surface area contributed by atoms with Crippen LogP contribution in [0.4, 0.5) is 0 Å². The molecule has 0 saturated carbocycles. The van der Waals surface area contributed by atoms with Gasteiger partial charge in [0.1, 0.15) is 9.75 Å². The molecule has 3 heterocycles. The number of thiophene rings is 2. The van der Waals surface area contributed by atoms with Crippen LogP contribution in [-0.2, 0) is 7.05 Å². The van der Waals surface area contributed by atoms with Gasteiger partial charge in [0, 0.05) is 12.4 Å². The zero-order chi connectivity index (χ0) is 19.7. The summed E-state index contributed by atoms with van der Waals surface area (Å²) in [6.45, 7) is 0. The first-order valence-electron chi connectivity index (χ1n) is 8.19. The van der Waals surface area contributed by atoms with Gasteiger partial charge in [0.05, 0.1) is 5.52 Å². The lowest BCUT2D eigenvalue weighted by Crippen LogP contribution is -2.24. The molecule has 0 aliphatic rings. The number of hydrogen-bond acceptors (Lipinski definition) is 7. The third-order valence-corrected chi connectivity index (χ3v) is 5.75. The Labute approximate surface area is 167 Å². The monoisotopic (exact) mass is 411 g/mol. The standard InChI is InChI=1S/C20H13NO5S2/c1-21-13-7-3-2-6-12(13)16(25-19(23)14-8-4-10-27-14)17(18(21)22)26-20(24)15-9-5-11-28-15/h2-11H,1H3. The zero-order valence-corrected chi connectivity index (χ0v) is 16.2. The van der Waals surface area contributed by atoms with Crippen molar-refractivity contribution < 1.29 is 19.1 Å². The molecule has 0 fully saturated rings. The first-order chi connectivity index (χ1) is 13.6. The highest BCUT2D eigenvalue weighted by atomic mass is 32.1. The van der Waals surface area contributed by atoms with Gasteiger partial charge in [-0.1, -0.05) is 24.3 Å². The van der Waals surface area contributed by atoms with E-state index in [4.69, 9.17) is 9.47 Å². The van der Waals surface area contributed by atoms with Gasteiger partial charge in [-0.05, 0) is 35.0 Å². The number of benzene rings is 1. The third-order valence-electron chi connectivity index (χ3n) is 4.05. The zero-order valence-electron chi connectivity index (χ0n) is 14.6. The average molecular weight is 411 g/mol. The largest absolute Gasteiger partial charge is 0.417 e. The molecule has 4 aromatic rings. The Morgan fingerprint density at radius 2 is 1.39 bits per heavy atom. The Balaban J connectivity index is 1.86. The SMILES string of the molecule is Cn1c(=O)c(OC(=O)c2cccs2)c(OC(=O)c2cccs2)c2ccccc21. The number of pyridine rings is 1. The van der Waals surface area contributed by atoms with Crippen LogP contribution >= 0.6 is 22.7 Å². The lowest BCUT2D eigenvalue weighted by Gasteiger charge is -2.14. The van der Waals surface area contributed by atoms with Crippen molar-refractivity contribution in [3.8, 4) is 11.5 Å². The quantitative estimate of drug-likeness (QED) is 0.473. The second kappa shape index (κ2) is 7.41. The average Bonchev–Trinajstić information content (AvgIpc) is 3.42. The van der Waals surface area contributed by atoms with E-state index in [1.165, 1.54) is 27.2 Å². The Morgan fingerprint density at radius 1 is 0.821 bits per heavy atom. The second-order valence-electron chi connectivity index (χ2n) is 5.77. The van der Waals surface area contributed by atoms with Gasteiger partial charge < -0.3 is 14.0 Å². The summed E-state index contributed by atoms with van der Waals surface area (Å²) in [5, 5.41) is 3.96. The van der Waals surface area contributed by atoms with E-state index in [9.17, 15) is 14.4 Å². The van der Waals surface area contributed by atoms with Gasteiger partial charge in [-0.2, -0.15) is 0 Å². The van der Waals surface area contributed by atoms with Gasteiger partial charge in [-0.15, -0.1) is 22.7 Å². The Kier molecular flexibility index (Phi) is 4.81. The minimum Gasteiger partial charge on any atom is -0.417 e. The fourth-order valence-corrected chi connectivity index (χ4v) is 3.90. The number of para-hydroxylation sites is 1. The number of carbonyl (C=O) groups is 2. The molecule has 0 aliphatic carbocycles. The summed E-state index contributed by atoms with van der Waals surface area (Å²) in [4.78, 5) is 38.6. The normalized spacial score (nSPS) is 10.8. The van der Waals surface area contributed by atoms with Crippen molar-refractivity contribution in [1.29, 1.82) is 0 Å². The van der Waals surface area contributed by atoms with E-state index in [0.29, 0.717) is 20.7 Å². The minimum atomic E-state index is -0.684. The molecule has 28 heavy (non-hydrogen) atoms. The van der Waals surface area contributed by atoms with Crippen LogP contribution in [0.5, 0.6) is 11.5 Å². The molecule has 0 atom stereocenters. The summed E-state index contributed by atoms with van der Waals surface area (Å²) < 4.78 is 12.3. The lowest BCUT2D eigenvalue weighted by molar-refractivity contribution is 0.0687. The van der Waals surface area contributed by atoms with Gasteiger partial charge in [0.15, 0.2) is 5.75 Å². The number of nitrogens with zero attached hydrogens (tertiary/aromatic N) is 1. The molecule has 3 aromatic heterocycles. The van der Waals surface area contributed by atoms with E-state index in [1.54, 1.807) is 66.3 Å². The van der Waals surface area contributed by atoms with Gasteiger partial charge in [-0.3, -0.25) is 4.79 Å². The summed E-state index contributed by atoms with van der Waals surface area (Å²) in [6.07, 6.45) is 0. The van der Waals surface area contributed by atoms with Crippen LogP contribution in [0.2, 0.25) is 0 Å². The van der Waals surface area contributed by atoms with E-state index >= 15 is 0 Å². The first kappa shape index (κ1) is 18.1. The van der Waals surface area contributed by atoms with E-state index < -0.39 is 17.5 Å². The Hall–Kier alpha value is -3.23. The highest BCUT2D eigenvalue weighted by Crippen LogP contribution is 2.34. The fourth-order valence-electron chi connectivity index (χ4n) is 2.71. The van der Waals surface area contributed by atoms with Gasteiger partial charge >= 0.3 is 11.9 Å². The number of rotatable bonds is 4. The van der Waals surface area contributed by atoms with Crippen LogP contribution in [0.3, 0.4) is 0 Å². The summed E-state index contributed by atoms with van der Waals surface area (Å²) in [5.74, 6) is -1.69. The highest BCUT2D eigenvalue weighted by Gasteiger charge is 2.24. The molecule has 1 aromatic carbocycles. The van der Waals surface area contributed by atoms with Crippen LogP contribution in [-0.4, -0.2) is 16.5 Å². The molecule has 0 aliphatic heterocycles. The number of carbonyl (C=O) groups excluding carboxylic acids is 2. The maximum Gasteiger partial charge on any atom is 0.354 e. The number of esters is 2. The molecule has 0 N–H and O–H groups in total. The van der Waals surface area contributed by atoms with E-state index in [-0.39, 0.29) is 11.5 Å². The molecule has 0 bridgehead atoms. The van der Waals surface area contributed by atoms with Crippen LogP contribution in [0.25, 0.3) is 10.9 Å². The van der Waals surface area contributed by atoms with Crippen LogP contribution in [0, 0.1) is 0 Å². The molecule has 0 amide bonds. The van der Waals surface area contributed by atoms with Crippen molar-refractivity contribution in [2.45, 2.75) is 0 Å². The van der Waals surface area contributed by atoms with Crippen molar-refractivity contribution in [1.82, 2.24) is 4.57 Å². The molecule has 140 valence electrons. The van der Waals surface area contributed by atoms with Crippen LogP contribution in [0.1, 0.15) is 19.3 Å². The minimum absolute atomic E-state index is 0.0676. The summed E-state index contributed by atoms with van der Waals surface area (Å²) in [6, 6.07) is 13.6. The van der Waals surface area contributed by atoms with E-state index in [1.807, 2.05) is 0 Å². The molecule has 0 saturated heterocycles. The van der Waals surface area contributed by atoms with Gasteiger partial charge in [0.25, 0.3) is 5.56 Å². The van der Waals surface area contributed by atoms with Crippen LogP contribution < -0.4 is 15.0 Å². The molecule has 0 spiro atoms. The smallest absolute Gasteiger partial charge is 0.354 e. The topological polar surface area (TPSA) is 74.6 Å². The third kappa shape index (κ3) is 3.23. The molecular weight excluding hydrogens is 398 g/mol. The second-order valence-corrected chi connectivity index (χ2v) is 7.67. The molecular formula is C20H13NO5S2. The van der Waals surface area contributed by atoms with Crippen molar-refractivity contribution in [3.05, 3.63) is 79.4 Å². The summed E-state index contributed by atoms with van der Waals surface area (Å²) >= 11 is 2.41. The number of fused-ring (bicyclic) bond motifs is 1. The molecule has 4 rings (SSSR count). The molecule has 0 radical (unpaired) electrons. The van der Waals surface area contributed by atoms with Gasteiger partial charge in [0.2, 0.25) is 5.75 Å². The van der Waals surface area contributed by atoms with Crippen molar-refractivity contribution in [3.63, 3.8) is 0 Å². The number of ether oxygens (including phenoxy) is 2. The molecule has 8 heteroatoms. The van der Waals surface area contributed by atoms with Crippen molar-refractivity contribution in [2.75, 3.05) is 0 Å². The number of aryl methyl sites for hydroxylation is 1. The fraction of sp³-hybridized carbons (Fsp3) is 0.0500. The molecule has 0 unspecified atom stereocenters. The predicted octanol–water partition coefficient (Wildman–Crippen LogP) is 4.10. The van der Waals surface area contributed by atoms with Gasteiger partial charge in [-0.25, -0.2) is 9.59 Å². The van der Waals surface area contributed by atoms with Crippen molar-refractivity contribution in [2.24, 2.45) is 7.05 Å². The summed E-state index contributed by atoms with van der Waals surface area (Å²) in [7, 11) is 1.57. The first-order valence-corrected chi connectivity index (χ1v) is 9.95. The number of hydrogen-bond donors (Lipinski definition) is 0. The lowest BCUT2D eigenvalue weighted by atomic mass is 10.2. The number of aromatic nitrogens is 1. The summed E-state index contributed by atoms with van der Waals surface area (Å²) in [5.41, 5.74) is -0.0185. The maximum absolute atomic E-state index is 12.9.